The van der Waals surface area contributed by atoms with Crippen molar-refractivity contribution in [2.75, 3.05) is 44.6 Å². The van der Waals surface area contributed by atoms with Gasteiger partial charge in [0.05, 0.1) is 24.0 Å². The third kappa shape index (κ3) is 5.46. The Balaban J connectivity index is 1.35. The molecule has 34 heavy (non-hydrogen) atoms. The number of nitrogens with zero attached hydrogens (tertiary/aromatic N) is 4. The minimum Gasteiger partial charge on any atom is -0.509 e. The molecule has 1 aromatic heterocycles. The number of piperazine rings is 1. The average molecular weight is 462 g/mol. The Kier molecular flexibility index (Phi) is 6.96. The van der Waals surface area contributed by atoms with Crippen LogP contribution in [0, 0.1) is 17.1 Å². The van der Waals surface area contributed by atoms with Crippen LogP contribution in [0.15, 0.2) is 59.1 Å². The lowest BCUT2D eigenvalue weighted by Gasteiger charge is -2.34. The van der Waals surface area contributed by atoms with Crippen LogP contribution < -0.4 is 10.9 Å². The molecular weight excluding hydrogens is 439 g/mol. The van der Waals surface area contributed by atoms with Crippen LogP contribution in [0.3, 0.4) is 0 Å². The third-order valence-corrected chi connectivity index (χ3v) is 5.58. The van der Waals surface area contributed by atoms with E-state index in [2.05, 4.69) is 15.3 Å². The van der Waals surface area contributed by atoms with Gasteiger partial charge in [-0.05, 0) is 36.4 Å². The van der Waals surface area contributed by atoms with Crippen LogP contribution in [0.1, 0.15) is 5.82 Å². The molecule has 0 unspecified atom stereocenters. The van der Waals surface area contributed by atoms with Crippen LogP contribution in [-0.2, 0) is 4.79 Å². The maximum Gasteiger partial charge on any atom is 0.259 e. The predicted octanol–water partition coefficient (Wildman–Crippen LogP) is 2.11. The van der Waals surface area contributed by atoms with Crippen molar-refractivity contribution in [2.24, 2.45) is 0 Å². The number of nitrogens with one attached hydrogen (secondary N) is 2. The number of carbonyl (C=O) groups is 1. The molecule has 0 bridgehead atoms. The van der Waals surface area contributed by atoms with Crippen molar-refractivity contribution in [1.29, 1.82) is 5.26 Å². The van der Waals surface area contributed by atoms with Gasteiger partial charge in [0.15, 0.2) is 5.82 Å². The van der Waals surface area contributed by atoms with E-state index < -0.39 is 0 Å². The zero-order valence-electron chi connectivity index (χ0n) is 18.3. The fourth-order valence-corrected chi connectivity index (χ4v) is 3.79. The molecule has 3 N–H and O–H groups in total. The van der Waals surface area contributed by atoms with Gasteiger partial charge < -0.3 is 15.4 Å². The SMILES string of the molecule is N#CC(=C(O)CN1CCN(CC(=O)Nc2ccc(F)cc2)CC1)c1nc2ccccc2c(=O)[nH]1. The second-order valence-electron chi connectivity index (χ2n) is 7.97. The van der Waals surface area contributed by atoms with Crippen molar-refractivity contribution in [2.45, 2.75) is 0 Å². The maximum atomic E-state index is 13.0. The molecule has 3 aromatic rings. The largest absolute Gasteiger partial charge is 0.509 e. The number of amides is 1. The van der Waals surface area contributed by atoms with Crippen molar-refractivity contribution in [3.05, 3.63) is 76.3 Å². The van der Waals surface area contributed by atoms with E-state index >= 15 is 0 Å². The summed E-state index contributed by atoms with van der Waals surface area (Å²) in [5.41, 5.74) is 0.511. The summed E-state index contributed by atoms with van der Waals surface area (Å²) in [5.74, 6) is -0.710. The van der Waals surface area contributed by atoms with Gasteiger partial charge in [-0.2, -0.15) is 5.26 Å². The molecule has 4 rings (SSSR count). The van der Waals surface area contributed by atoms with Crippen molar-refractivity contribution in [3.8, 4) is 6.07 Å². The predicted molar refractivity (Wildman–Crippen MR) is 125 cm³/mol. The first-order chi connectivity index (χ1) is 16.4. The van der Waals surface area contributed by atoms with Crippen LogP contribution in [0.4, 0.5) is 10.1 Å². The van der Waals surface area contributed by atoms with Gasteiger partial charge in [-0.3, -0.25) is 19.4 Å². The van der Waals surface area contributed by atoms with E-state index in [0.29, 0.717) is 42.8 Å². The molecule has 0 atom stereocenters. The normalized spacial score (nSPS) is 15.5. The van der Waals surface area contributed by atoms with Crippen LogP contribution in [-0.4, -0.2) is 70.1 Å². The first kappa shape index (κ1) is 23.1. The third-order valence-electron chi connectivity index (χ3n) is 5.58. The Labute approximate surface area is 194 Å². The van der Waals surface area contributed by atoms with E-state index in [9.17, 15) is 24.3 Å². The Bertz CT molecular complexity index is 1320. The van der Waals surface area contributed by atoms with Gasteiger partial charge in [-0.1, -0.05) is 12.1 Å². The summed E-state index contributed by atoms with van der Waals surface area (Å²) >= 11 is 0. The van der Waals surface area contributed by atoms with Gasteiger partial charge in [-0.15, -0.1) is 0 Å². The molecule has 1 fully saturated rings. The van der Waals surface area contributed by atoms with E-state index in [1.807, 2.05) is 15.9 Å². The molecule has 0 radical (unpaired) electrons. The fourth-order valence-electron chi connectivity index (χ4n) is 3.79. The van der Waals surface area contributed by atoms with E-state index in [-0.39, 0.29) is 47.5 Å². The number of para-hydroxylation sites is 1. The maximum absolute atomic E-state index is 13.0. The van der Waals surface area contributed by atoms with E-state index in [1.165, 1.54) is 24.3 Å². The highest BCUT2D eigenvalue weighted by molar-refractivity contribution is 5.92. The molecule has 1 saturated heterocycles. The second kappa shape index (κ2) is 10.2. The molecular formula is C24H23FN6O3. The van der Waals surface area contributed by atoms with Gasteiger partial charge >= 0.3 is 0 Å². The lowest BCUT2D eigenvalue weighted by atomic mass is 10.2. The number of aliphatic hydroxyl groups excluding tert-OH is 1. The second-order valence-corrected chi connectivity index (χ2v) is 7.97. The summed E-state index contributed by atoms with van der Waals surface area (Å²) in [6, 6.07) is 14.3. The minimum absolute atomic E-state index is 0.0276. The monoisotopic (exact) mass is 462 g/mol. The summed E-state index contributed by atoms with van der Waals surface area (Å²) in [4.78, 5) is 35.4. The summed E-state index contributed by atoms with van der Waals surface area (Å²) < 4.78 is 13.0. The number of nitriles is 1. The van der Waals surface area contributed by atoms with Crippen molar-refractivity contribution >= 4 is 28.1 Å². The molecule has 2 heterocycles. The van der Waals surface area contributed by atoms with Crippen molar-refractivity contribution in [3.63, 3.8) is 0 Å². The van der Waals surface area contributed by atoms with Gasteiger partial charge in [0.25, 0.3) is 5.56 Å². The Morgan fingerprint density at radius 1 is 1.09 bits per heavy atom. The molecule has 10 heteroatoms. The first-order valence-corrected chi connectivity index (χ1v) is 10.7. The van der Waals surface area contributed by atoms with E-state index in [4.69, 9.17) is 0 Å². The number of anilines is 1. The fraction of sp³-hybridized carbons (Fsp3) is 0.250. The van der Waals surface area contributed by atoms with Crippen LogP contribution in [0.25, 0.3) is 16.5 Å². The molecule has 1 aliphatic heterocycles. The number of aliphatic hydroxyl groups is 1. The van der Waals surface area contributed by atoms with E-state index in [0.717, 1.165) is 0 Å². The Morgan fingerprint density at radius 3 is 2.41 bits per heavy atom. The van der Waals surface area contributed by atoms with Gasteiger partial charge in [0, 0.05) is 31.9 Å². The number of H-pyrrole nitrogens is 1. The topological polar surface area (TPSA) is 125 Å². The number of fused-ring (bicyclic) bond motifs is 1. The molecule has 1 aliphatic rings. The highest BCUT2D eigenvalue weighted by Gasteiger charge is 2.22. The number of hydrogen-bond donors (Lipinski definition) is 3. The van der Waals surface area contributed by atoms with Gasteiger partial charge in [0.2, 0.25) is 5.91 Å². The summed E-state index contributed by atoms with van der Waals surface area (Å²) in [6.07, 6.45) is 0. The molecule has 9 nitrogen and oxygen atoms in total. The smallest absolute Gasteiger partial charge is 0.259 e. The zero-order chi connectivity index (χ0) is 24.1. The number of carbonyl (C=O) groups excluding carboxylic acids is 1. The Morgan fingerprint density at radius 2 is 1.74 bits per heavy atom. The molecule has 0 aliphatic carbocycles. The van der Waals surface area contributed by atoms with Crippen molar-refractivity contribution < 1.29 is 14.3 Å². The number of halogens is 1. The number of benzene rings is 2. The highest BCUT2D eigenvalue weighted by atomic mass is 19.1. The van der Waals surface area contributed by atoms with E-state index in [1.54, 1.807) is 24.3 Å². The standard InChI is InChI=1S/C24H23FN6O3/c25-16-5-7-17(8-6-16)27-22(33)15-31-11-9-30(10-12-31)14-21(32)19(13-26)23-28-20-4-2-1-3-18(20)24(34)29-23/h1-8,32H,9-12,14-15H2,(H,27,33)(H,28,29,34). The van der Waals surface area contributed by atoms with Crippen LogP contribution in [0.5, 0.6) is 0 Å². The first-order valence-electron chi connectivity index (χ1n) is 10.7. The number of allylic oxidation sites excluding steroid dienone is 1. The van der Waals surface area contributed by atoms with Crippen LogP contribution in [0.2, 0.25) is 0 Å². The van der Waals surface area contributed by atoms with Gasteiger partial charge in [-0.25, -0.2) is 9.37 Å². The highest BCUT2D eigenvalue weighted by Crippen LogP contribution is 2.16. The Hall–Kier alpha value is -4.07. The zero-order valence-corrected chi connectivity index (χ0v) is 18.3. The molecule has 2 aromatic carbocycles. The summed E-state index contributed by atoms with van der Waals surface area (Å²) in [5, 5.41) is 23.4. The van der Waals surface area contributed by atoms with Crippen LogP contribution >= 0.6 is 0 Å². The molecule has 174 valence electrons. The lowest BCUT2D eigenvalue weighted by molar-refractivity contribution is -0.117. The number of aromatic amines is 1. The molecule has 0 spiro atoms. The van der Waals surface area contributed by atoms with Crippen molar-refractivity contribution in [1.82, 2.24) is 19.8 Å². The number of aromatic nitrogens is 2. The minimum atomic E-state index is -0.381. The van der Waals surface area contributed by atoms with Gasteiger partial charge in [0.1, 0.15) is 23.2 Å². The lowest BCUT2D eigenvalue weighted by Crippen LogP contribution is -2.49. The molecule has 0 saturated carbocycles. The number of hydrogen-bond acceptors (Lipinski definition) is 7. The molecule has 1 amide bonds. The summed E-state index contributed by atoms with van der Waals surface area (Å²) in [6.45, 7) is 2.66. The average Bonchev–Trinajstić information content (AvgIpc) is 2.82. The summed E-state index contributed by atoms with van der Waals surface area (Å²) in [7, 11) is 0. The quantitative estimate of drug-likeness (QED) is 0.378. The number of rotatable bonds is 6.